The van der Waals surface area contributed by atoms with E-state index in [1.54, 1.807) is 30.5 Å². The lowest BCUT2D eigenvalue weighted by Crippen LogP contribution is -2.46. The molecule has 1 fully saturated rings. The first-order chi connectivity index (χ1) is 12.0. The van der Waals surface area contributed by atoms with Gasteiger partial charge in [0.2, 0.25) is 0 Å². The van der Waals surface area contributed by atoms with Crippen LogP contribution >= 0.6 is 23.2 Å². The highest BCUT2D eigenvalue weighted by Gasteiger charge is 2.17. The van der Waals surface area contributed by atoms with E-state index in [1.807, 2.05) is 6.07 Å². The van der Waals surface area contributed by atoms with Crippen LogP contribution in [0.2, 0.25) is 10.0 Å². The third-order valence-electron chi connectivity index (χ3n) is 4.27. The molecule has 1 amide bonds. The molecule has 0 unspecified atom stereocenters. The van der Waals surface area contributed by atoms with Crippen LogP contribution in [0.1, 0.15) is 17.3 Å². The summed E-state index contributed by atoms with van der Waals surface area (Å²) in [6.45, 7) is 7.23. The van der Waals surface area contributed by atoms with Crippen molar-refractivity contribution in [2.75, 3.05) is 42.9 Å². The average molecular weight is 379 g/mol. The number of pyridine rings is 1. The first-order valence-electron chi connectivity index (χ1n) is 8.26. The zero-order valence-corrected chi connectivity index (χ0v) is 15.5. The lowest BCUT2D eigenvalue weighted by molar-refractivity contribution is 0.102. The Morgan fingerprint density at radius 3 is 2.36 bits per heavy atom. The molecule has 3 rings (SSSR count). The number of anilines is 2. The van der Waals surface area contributed by atoms with Crippen LogP contribution in [-0.2, 0) is 0 Å². The number of halogens is 2. The molecule has 1 aliphatic heterocycles. The predicted molar refractivity (Wildman–Crippen MR) is 103 cm³/mol. The number of carbonyl (C=O) groups excluding carboxylic acids is 1. The van der Waals surface area contributed by atoms with Crippen LogP contribution in [0, 0.1) is 0 Å². The Kier molecular flexibility index (Phi) is 5.78. The molecular formula is C18H20Cl2N4O. The summed E-state index contributed by atoms with van der Waals surface area (Å²) < 4.78 is 0. The minimum Gasteiger partial charge on any atom is -0.354 e. The van der Waals surface area contributed by atoms with Crippen LogP contribution in [0.15, 0.2) is 36.5 Å². The summed E-state index contributed by atoms with van der Waals surface area (Å²) in [6, 6.07) is 8.60. The molecule has 0 saturated carbocycles. The summed E-state index contributed by atoms with van der Waals surface area (Å²) in [7, 11) is 0. The average Bonchev–Trinajstić information content (AvgIpc) is 2.61. The zero-order chi connectivity index (χ0) is 17.8. The van der Waals surface area contributed by atoms with Crippen LogP contribution in [0.4, 0.5) is 11.5 Å². The van der Waals surface area contributed by atoms with E-state index in [0.717, 1.165) is 38.5 Å². The van der Waals surface area contributed by atoms with Gasteiger partial charge in [-0.1, -0.05) is 30.1 Å². The van der Waals surface area contributed by atoms with Gasteiger partial charge in [-0.15, -0.1) is 0 Å². The molecule has 0 aliphatic carbocycles. The van der Waals surface area contributed by atoms with Crippen molar-refractivity contribution in [1.29, 1.82) is 0 Å². The van der Waals surface area contributed by atoms with Crippen molar-refractivity contribution in [3.63, 3.8) is 0 Å². The summed E-state index contributed by atoms with van der Waals surface area (Å²) in [5.41, 5.74) is 1.05. The Bertz CT molecular complexity index is 723. The molecule has 132 valence electrons. The van der Waals surface area contributed by atoms with Crippen LogP contribution in [-0.4, -0.2) is 48.5 Å². The van der Waals surface area contributed by atoms with Gasteiger partial charge in [-0.3, -0.25) is 4.79 Å². The summed E-state index contributed by atoms with van der Waals surface area (Å²) in [5, 5.41) is 3.73. The minimum atomic E-state index is -0.242. The van der Waals surface area contributed by atoms with Gasteiger partial charge in [0, 0.05) is 48.1 Å². The topological polar surface area (TPSA) is 48.5 Å². The van der Waals surface area contributed by atoms with E-state index >= 15 is 0 Å². The van der Waals surface area contributed by atoms with Crippen LogP contribution in [0.3, 0.4) is 0 Å². The highest BCUT2D eigenvalue weighted by Crippen LogP contribution is 2.23. The van der Waals surface area contributed by atoms with E-state index in [9.17, 15) is 4.79 Å². The number of hydrogen-bond donors (Lipinski definition) is 1. The Morgan fingerprint density at radius 1 is 1.12 bits per heavy atom. The molecule has 7 heteroatoms. The van der Waals surface area contributed by atoms with E-state index in [4.69, 9.17) is 23.2 Å². The maximum absolute atomic E-state index is 12.3. The smallest absolute Gasteiger partial charge is 0.257 e. The standard InChI is InChI=1S/C18H20Cl2N4O/c1-2-23-5-7-24(8-6-23)17-4-3-13(12-21-17)18(25)22-16-10-14(19)9-15(20)11-16/h3-4,9-12H,2,5-8H2,1H3,(H,22,25). The number of piperazine rings is 1. The third kappa shape index (κ3) is 4.63. The van der Waals surface area contributed by atoms with Gasteiger partial charge in [0.15, 0.2) is 0 Å². The summed E-state index contributed by atoms with van der Waals surface area (Å²) in [6.07, 6.45) is 1.60. The van der Waals surface area contributed by atoms with Crippen molar-refractivity contribution in [1.82, 2.24) is 9.88 Å². The highest BCUT2D eigenvalue weighted by atomic mass is 35.5. The molecule has 5 nitrogen and oxygen atoms in total. The molecule has 0 atom stereocenters. The molecule has 0 radical (unpaired) electrons. The number of hydrogen-bond acceptors (Lipinski definition) is 4. The molecular weight excluding hydrogens is 359 g/mol. The molecule has 2 heterocycles. The highest BCUT2D eigenvalue weighted by molar-refractivity contribution is 6.35. The minimum absolute atomic E-state index is 0.242. The summed E-state index contributed by atoms with van der Waals surface area (Å²) in [4.78, 5) is 21.4. The number of nitrogens with zero attached hydrogens (tertiary/aromatic N) is 3. The SMILES string of the molecule is CCN1CCN(c2ccc(C(=O)Nc3cc(Cl)cc(Cl)c3)cn2)CC1. The van der Waals surface area contributed by atoms with Crippen molar-refractivity contribution in [3.05, 3.63) is 52.1 Å². The number of rotatable bonds is 4. The van der Waals surface area contributed by atoms with Gasteiger partial charge in [0.05, 0.1) is 5.56 Å². The number of carbonyl (C=O) groups is 1. The second kappa shape index (κ2) is 8.04. The van der Waals surface area contributed by atoms with Crippen molar-refractivity contribution < 1.29 is 4.79 Å². The van der Waals surface area contributed by atoms with Crippen molar-refractivity contribution in [2.45, 2.75) is 6.92 Å². The van der Waals surface area contributed by atoms with Crippen molar-refractivity contribution in [2.24, 2.45) is 0 Å². The molecule has 1 aromatic heterocycles. The number of amides is 1. The Balaban J connectivity index is 1.64. The molecule has 0 spiro atoms. The van der Waals surface area contributed by atoms with Gasteiger partial charge in [-0.25, -0.2) is 4.98 Å². The molecule has 2 aromatic rings. The van der Waals surface area contributed by atoms with Crippen molar-refractivity contribution in [3.8, 4) is 0 Å². The molecule has 1 aromatic carbocycles. The van der Waals surface area contributed by atoms with Gasteiger partial charge in [-0.05, 0) is 36.9 Å². The van der Waals surface area contributed by atoms with E-state index in [0.29, 0.717) is 21.3 Å². The van der Waals surface area contributed by atoms with E-state index < -0.39 is 0 Å². The number of benzene rings is 1. The normalized spacial score (nSPS) is 15.2. The molecule has 0 bridgehead atoms. The van der Waals surface area contributed by atoms with E-state index in [1.165, 1.54) is 0 Å². The largest absolute Gasteiger partial charge is 0.354 e. The number of aromatic nitrogens is 1. The molecule has 1 saturated heterocycles. The first-order valence-corrected chi connectivity index (χ1v) is 9.01. The Morgan fingerprint density at radius 2 is 1.80 bits per heavy atom. The molecule has 25 heavy (non-hydrogen) atoms. The maximum Gasteiger partial charge on any atom is 0.257 e. The van der Waals surface area contributed by atoms with Crippen LogP contribution in [0.5, 0.6) is 0 Å². The van der Waals surface area contributed by atoms with Gasteiger partial charge < -0.3 is 15.1 Å². The Hall–Kier alpha value is -1.82. The van der Waals surface area contributed by atoms with Gasteiger partial charge >= 0.3 is 0 Å². The number of likely N-dealkylation sites (N-methyl/N-ethyl adjacent to an activating group) is 1. The summed E-state index contributed by atoms with van der Waals surface area (Å²) >= 11 is 11.9. The predicted octanol–water partition coefficient (Wildman–Crippen LogP) is 3.78. The van der Waals surface area contributed by atoms with E-state index in [2.05, 4.69) is 27.0 Å². The third-order valence-corrected chi connectivity index (χ3v) is 4.71. The maximum atomic E-state index is 12.3. The van der Waals surface area contributed by atoms with Gasteiger partial charge in [0.1, 0.15) is 5.82 Å². The van der Waals surface area contributed by atoms with Gasteiger partial charge in [0.25, 0.3) is 5.91 Å². The monoisotopic (exact) mass is 378 g/mol. The molecule has 1 aliphatic rings. The van der Waals surface area contributed by atoms with Gasteiger partial charge in [-0.2, -0.15) is 0 Å². The lowest BCUT2D eigenvalue weighted by atomic mass is 10.2. The second-order valence-corrected chi connectivity index (χ2v) is 6.81. The fourth-order valence-electron chi connectivity index (χ4n) is 2.83. The van der Waals surface area contributed by atoms with Crippen molar-refractivity contribution >= 4 is 40.6 Å². The number of nitrogens with one attached hydrogen (secondary N) is 1. The first kappa shape index (κ1) is 18.0. The Labute approximate surface area is 157 Å². The van der Waals surface area contributed by atoms with E-state index in [-0.39, 0.29) is 5.91 Å². The fraction of sp³-hybridized carbons (Fsp3) is 0.333. The second-order valence-electron chi connectivity index (χ2n) is 5.94. The quantitative estimate of drug-likeness (QED) is 0.879. The lowest BCUT2D eigenvalue weighted by Gasteiger charge is -2.34. The summed E-state index contributed by atoms with van der Waals surface area (Å²) in [5.74, 6) is 0.659. The fourth-order valence-corrected chi connectivity index (χ4v) is 3.36. The van der Waals surface area contributed by atoms with Crippen LogP contribution in [0.25, 0.3) is 0 Å². The van der Waals surface area contributed by atoms with Crippen LogP contribution < -0.4 is 10.2 Å². The molecule has 1 N–H and O–H groups in total. The zero-order valence-electron chi connectivity index (χ0n) is 14.0.